The monoisotopic (exact) mass is 696 g/mol. The summed E-state index contributed by atoms with van der Waals surface area (Å²) >= 11 is 1.61. The minimum Gasteiger partial charge on any atom is -0.439 e. The van der Waals surface area contributed by atoms with Gasteiger partial charge < -0.3 is 18.6 Å². The summed E-state index contributed by atoms with van der Waals surface area (Å²) in [6.07, 6.45) is 8.53. The van der Waals surface area contributed by atoms with Crippen LogP contribution in [-0.4, -0.2) is 48.6 Å². The molecule has 0 aliphatic carbocycles. The van der Waals surface area contributed by atoms with Gasteiger partial charge in [-0.05, 0) is 77.9 Å². The van der Waals surface area contributed by atoms with Crippen molar-refractivity contribution in [2.75, 3.05) is 23.0 Å². The number of hydrogen-bond donors (Lipinski definition) is 2. The maximum atomic E-state index is 11.5. The van der Waals surface area contributed by atoms with E-state index in [1.54, 1.807) is 11.3 Å². The van der Waals surface area contributed by atoms with Gasteiger partial charge in [-0.3, -0.25) is 9.11 Å². The van der Waals surface area contributed by atoms with Gasteiger partial charge >= 0.3 is 5.89 Å². The van der Waals surface area contributed by atoms with Crippen molar-refractivity contribution in [2.45, 2.75) is 32.7 Å². The molecule has 246 valence electrons. The SMILES string of the molecule is CCC(/C=C1\Oc2ccc(-c3cccs3)cc2N1CCCS(=O)(=O)O)=C\c1oc2ccc(-n3cccc3)cc2[n+]1CCCS(=O)(=O)O. The predicted molar refractivity (Wildman–Crippen MR) is 182 cm³/mol. The number of allylic oxidation sites excluding steroid dienone is 2. The molecule has 0 radical (unpaired) electrons. The van der Waals surface area contributed by atoms with Crippen LogP contribution in [0.1, 0.15) is 32.1 Å². The van der Waals surface area contributed by atoms with Crippen molar-refractivity contribution in [3.05, 3.63) is 102 Å². The van der Waals surface area contributed by atoms with Crippen LogP contribution in [0, 0.1) is 0 Å². The maximum absolute atomic E-state index is 11.5. The first-order chi connectivity index (χ1) is 22.5. The highest BCUT2D eigenvalue weighted by Crippen LogP contribution is 2.43. The molecule has 0 amide bonds. The summed E-state index contributed by atoms with van der Waals surface area (Å²) in [5, 5.41) is 2.00. The van der Waals surface area contributed by atoms with Crippen molar-refractivity contribution in [1.29, 1.82) is 0 Å². The van der Waals surface area contributed by atoms with E-state index in [0.29, 0.717) is 29.5 Å². The van der Waals surface area contributed by atoms with E-state index in [0.717, 1.165) is 32.9 Å². The molecule has 2 N–H and O–H groups in total. The third-order valence-electron chi connectivity index (χ3n) is 7.75. The molecule has 0 bridgehead atoms. The number of anilines is 1. The average Bonchev–Trinajstić information content (AvgIpc) is 3.83. The van der Waals surface area contributed by atoms with Gasteiger partial charge in [0.05, 0.1) is 29.0 Å². The number of oxazole rings is 1. The van der Waals surface area contributed by atoms with Crippen molar-refractivity contribution in [3.8, 4) is 21.9 Å². The van der Waals surface area contributed by atoms with Crippen LogP contribution in [0.25, 0.3) is 33.3 Å². The third-order valence-corrected chi connectivity index (χ3v) is 10.3. The molecule has 5 aromatic rings. The standard InChI is InChI=1S/C33H33N3O8S3/c1-2-24(20-32-35(15-6-18-46(37,38)39)27-22-25(9-11-29(27)43-32)31-8-5-17-45-31)21-33-36(16-7-19-47(40,41)42)28-23-26(10-12-30(28)44-33)34-13-3-4-14-34/h3-5,8-14,17,20-23H,2,6-7,15-16,18-19H2,1H3,(H-,37,38,39,40,41,42)/p+1. The Balaban J connectivity index is 1.38. The zero-order chi connectivity index (χ0) is 33.2. The highest BCUT2D eigenvalue weighted by molar-refractivity contribution is 7.86. The molecule has 0 saturated carbocycles. The molecule has 6 rings (SSSR count). The van der Waals surface area contributed by atoms with E-state index in [9.17, 15) is 25.9 Å². The second kappa shape index (κ2) is 13.5. The van der Waals surface area contributed by atoms with E-state index in [1.807, 2.05) is 112 Å². The maximum Gasteiger partial charge on any atom is 0.374 e. The lowest BCUT2D eigenvalue weighted by Crippen LogP contribution is -2.36. The van der Waals surface area contributed by atoms with Gasteiger partial charge in [0.25, 0.3) is 25.8 Å². The van der Waals surface area contributed by atoms with E-state index in [4.69, 9.17) is 9.15 Å². The highest BCUT2D eigenvalue weighted by atomic mass is 32.2. The Morgan fingerprint density at radius 2 is 1.72 bits per heavy atom. The average molecular weight is 697 g/mol. The summed E-state index contributed by atoms with van der Waals surface area (Å²) in [5.41, 5.74) is 4.90. The fraction of sp³-hybridized carbons (Fsp3) is 0.242. The Labute approximate surface area is 277 Å². The third kappa shape index (κ3) is 7.85. The molecule has 2 aromatic carbocycles. The lowest BCUT2D eigenvalue weighted by molar-refractivity contribution is -0.677. The van der Waals surface area contributed by atoms with Crippen molar-refractivity contribution in [2.24, 2.45) is 0 Å². The molecule has 3 aromatic heterocycles. The van der Waals surface area contributed by atoms with Crippen molar-refractivity contribution in [1.82, 2.24) is 4.57 Å². The zero-order valence-electron chi connectivity index (χ0n) is 25.5. The molecule has 1 aliphatic rings. The van der Waals surface area contributed by atoms with Crippen LogP contribution < -0.4 is 14.2 Å². The summed E-state index contributed by atoms with van der Waals surface area (Å²) < 4.78 is 81.2. The molecule has 0 spiro atoms. The minimum absolute atomic E-state index is 0.168. The Bertz CT molecular complexity index is 2170. The molecular weight excluding hydrogens is 663 g/mol. The fourth-order valence-corrected chi connectivity index (χ4v) is 7.21. The summed E-state index contributed by atoms with van der Waals surface area (Å²) in [6.45, 7) is 2.54. The van der Waals surface area contributed by atoms with Crippen LogP contribution in [0.4, 0.5) is 5.69 Å². The second-order valence-electron chi connectivity index (χ2n) is 11.1. The number of aromatic nitrogens is 2. The van der Waals surface area contributed by atoms with E-state index >= 15 is 0 Å². The Kier molecular flexibility index (Phi) is 9.39. The molecule has 0 saturated heterocycles. The number of benzene rings is 2. The van der Waals surface area contributed by atoms with E-state index in [2.05, 4.69) is 0 Å². The summed E-state index contributed by atoms with van der Waals surface area (Å²) in [6, 6.07) is 19.5. The molecular formula is C33H34N3O8S3+. The smallest absolute Gasteiger partial charge is 0.374 e. The van der Waals surface area contributed by atoms with Crippen molar-refractivity contribution < 1.29 is 39.7 Å². The van der Waals surface area contributed by atoms with E-state index in [-0.39, 0.29) is 31.7 Å². The normalized spacial score (nSPS) is 14.7. The molecule has 0 unspecified atom stereocenters. The van der Waals surface area contributed by atoms with Crippen molar-refractivity contribution >= 4 is 54.4 Å². The zero-order valence-corrected chi connectivity index (χ0v) is 28.0. The number of aryl methyl sites for hydroxylation is 1. The molecule has 1 aliphatic heterocycles. The van der Waals surface area contributed by atoms with Gasteiger partial charge in [0.15, 0.2) is 12.3 Å². The fourth-order valence-electron chi connectivity index (χ4n) is 5.50. The van der Waals surface area contributed by atoms with Crippen LogP contribution in [-0.2, 0) is 26.8 Å². The lowest BCUT2D eigenvalue weighted by atomic mass is 10.1. The van der Waals surface area contributed by atoms with Gasteiger partial charge in [-0.25, -0.2) is 0 Å². The van der Waals surface area contributed by atoms with Gasteiger partial charge in [-0.15, -0.1) is 11.3 Å². The number of hydrogen-bond acceptors (Lipinski definition) is 8. The summed E-state index contributed by atoms with van der Waals surface area (Å²) in [4.78, 5) is 2.99. The van der Waals surface area contributed by atoms with Crippen LogP contribution in [0.3, 0.4) is 0 Å². The number of ether oxygens (including phenoxy) is 1. The van der Waals surface area contributed by atoms with Crippen LogP contribution >= 0.6 is 11.3 Å². The Hall–Kier alpha value is -4.21. The largest absolute Gasteiger partial charge is 0.439 e. The molecule has 11 nitrogen and oxygen atoms in total. The van der Waals surface area contributed by atoms with E-state index in [1.165, 1.54) is 0 Å². The summed E-state index contributed by atoms with van der Waals surface area (Å²) in [7, 11) is -8.29. The number of fused-ring (bicyclic) bond motifs is 2. The topological polar surface area (TPSA) is 143 Å². The first-order valence-corrected chi connectivity index (χ1v) is 19.1. The second-order valence-corrected chi connectivity index (χ2v) is 15.2. The molecule has 4 heterocycles. The lowest BCUT2D eigenvalue weighted by Gasteiger charge is -2.18. The van der Waals surface area contributed by atoms with Crippen LogP contribution in [0.15, 0.2) is 100 Å². The van der Waals surface area contributed by atoms with Gasteiger partial charge in [-0.2, -0.15) is 21.4 Å². The minimum atomic E-state index is -4.15. The molecule has 0 fully saturated rings. The molecule has 14 heteroatoms. The summed E-state index contributed by atoms with van der Waals surface area (Å²) in [5.74, 6) is 0.828. The van der Waals surface area contributed by atoms with Crippen molar-refractivity contribution in [3.63, 3.8) is 0 Å². The van der Waals surface area contributed by atoms with Crippen LogP contribution in [0.2, 0.25) is 0 Å². The molecule has 47 heavy (non-hydrogen) atoms. The van der Waals surface area contributed by atoms with Gasteiger partial charge in [0.2, 0.25) is 11.5 Å². The number of rotatable bonds is 13. The quantitative estimate of drug-likeness (QED) is 0.107. The Morgan fingerprint density at radius 3 is 2.43 bits per heavy atom. The first kappa shape index (κ1) is 32.7. The van der Waals surface area contributed by atoms with Gasteiger partial charge in [0, 0.05) is 42.4 Å². The van der Waals surface area contributed by atoms with Gasteiger partial charge in [0.1, 0.15) is 0 Å². The number of thiophene rings is 1. The van der Waals surface area contributed by atoms with E-state index < -0.39 is 26.0 Å². The van der Waals surface area contributed by atoms with Gasteiger partial charge in [-0.1, -0.05) is 13.0 Å². The molecule has 0 atom stereocenters. The number of nitrogens with zero attached hydrogens (tertiary/aromatic N) is 3. The highest BCUT2D eigenvalue weighted by Gasteiger charge is 2.28. The predicted octanol–water partition coefficient (Wildman–Crippen LogP) is 6.33. The Morgan fingerprint density at radius 1 is 0.957 bits per heavy atom. The van der Waals surface area contributed by atoms with Crippen LogP contribution in [0.5, 0.6) is 5.75 Å². The first-order valence-electron chi connectivity index (χ1n) is 15.0.